The van der Waals surface area contributed by atoms with E-state index in [1.807, 2.05) is 0 Å². The smallest absolute Gasteiger partial charge is 0.387 e. The van der Waals surface area contributed by atoms with E-state index in [0.717, 1.165) is 17.2 Å². The molecule has 11 N–H and O–H groups in total. The van der Waals surface area contributed by atoms with Crippen molar-refractivity contribution in [3.63, 3.8) is 0 Å². The van der Waals surface area contributed by atoms with Crippen molar-refractivity contribution in [2.45, 2.75) is 49.1 Å². The number of aliphatic hydroxyl groups is 3. The van der Waals surface area contributed by atoms with Gasteiger partial charge in [0.2, 0.25) is 0 Å². The molecular formula is C21H29N7O17P3+. The SMILES string of the molecule is NC(=O)c1ccc[n+]([C@H]2OC(COP(=O)(O)OP(=O)(O)OC[C@H]3O[C@@H](n4cnc5c(N)ncnc54)[C@H](OP(=O)(O)O)[C@@H]3O)[C@H](O)[C@H]2O)c1. The van der Waals surface area contributed by atoms with Crippen molar-refractivity contribution in [2.75, 3.05) is 18.9 Å². The van der Waals surface area contributed by atoms with E-state index in [0.29, 0.717) is 0 Å². The van der Waals surface area contributed by atoms with E-state index < -0.39 is 91.7 Å². The summed E-state index contributed by atoms with van der Waals surface area (Å²) in [4.78, 5) is 62.2. The number of pyridine rings is 1. The monoisotopic (exact) mass is 744 g/mol. The molecule has 48 heavy (non-hydrogen) atoms. The van der Waals surface area contributed by atoms with Gasteiger partial charge in [-0.2, -0.15) is 8.88 Å². The predicted octanol–water partition coefficient (Wildman–Crippen LogP) is -2.90. The number of carbonyl (C=O) groups excluding carboxylic acids is 1. The number of phosphoric acid groups is 3. The summed E-state index contributed by atoms with van der Waals surface area (Å²) in [5.74, 6) is -0.848. The van der Waals surface area contributed by atoms with Gasteiger partial charge in [-0.05, 0) is 6.07 Å². The van der Waals surface area contributed by atoms with Crippen molar-refractivity contribution in [1.29, 1.82) is 0 Å². The first-order chi connectivity index (χ1) is 22.4. The molecule has 27 heteroatoms. The lowest BCUT2D eigenvalue weighted by molar-refractivity contribution is -0.765. The van der Waals surface area contributed by atoms with Crippen LogP contribution in [0.2, 0.25) is 0 Å². The van der Waals surface area contributed by atoms with Crippen molar-refractivity contribution in [3.8, 4) is 0 Å². The maximum atomic E-state index is 12.6. The van der Waals surface area contributed by atoms with Gasteiger partial charge in [0.15, 0.2) is 36.2 Å². The van der Waals surface area contributed by atoms with Crippen LogP contribution in [0.15, 0.2) is 37.2 Å². The number of carbonyl (C=O) groups is 1. The van der Waals surface area contributed by atoms with E-state index >= 15 is 0 Å². The Hall–Kier alpha value is -2.86. The van der Waals surface area contributed by atoms with Crippen LogP contribution in [0, 0.1) is 0 Å². The van der Waals surface area contributed by atoms with E-state index in [2.05, 4.69) is 23.8 Å². The third kappa shape index (κ3) is 8.12. The zero-order chi connectivity index (χ0) is 35.2. The van der Waals surface area contributed by atoms with Crippen molar-refractivity contribution >= 4 is 46.4 Å². The number of imidazole rings is 1. The molecule has 5 rings (SSSR count). The Morgan fingerprint density at radius 2 is 1.60 bits per heavy atom. The minimum Gasteiger partial charge on any atom is -0.387 e. The summed E-state index contributed by atoms with van der Waals surface area (Å²) in [6, 6.07) is 2.79. The van der Waals surface area contributed by atoms with Gasteiger partial charge in [-0.25, -0.2) is 28.6 Å². The molecule has 0 spiro atoms. The highest BCUT2D eigenvalue weighted by molar-refractivity contribution is 7.61. The highest BCUT2D eigenvalue weighted by Crippen LogP contribution is 2.61. The molecule has 1 amide bonds. The van der Waals surface area contributed by atoms with Crippen LogP contribution in [0.5, 0.6) is 0 Å². The predicted molar refractivity (Wildman–Crippen MR) is 150 cm³/mol. The second-order valence-electron chi connectivity index (χ2n) is 10.3. The van der Waals surface area contributed by atoms with Crippen LogP contribution in [0.1, 0.15) is 22.8 Å². The lowest BCUT2D eigenvalue weighted by atomic mass is 10.1. The van der Waals surface area contributed by atoms with Crippen molar-refractivity contribution in [2.24, 2.45) is 5.73 Å². The van der Waals surface area contributed by atoms with Gasteiger partial charge < -0.3 is 55.8 Å². The maximum Gasteiger partial charge on any atom is 0.481 e. The van der Waals surface area contributed by atoms with Crippen LogP contribution < -0.4 is 16.0 Å². The number of anilines is 1. The largest absolute Gasteiger partial charge is 0.481 e. The molecule has 24 nitrogen and oxygen atoms in total. The molecule has 0 radical (unpaired) electrons. The number of rotatable bonds is 13. The lowest BCUT2D eigenvalue weighted by Gasteiger charge is -2.22. The molecule has 3 aromatic heterocycles. The molecular weight excluding hydrogens is 715 g/mol. The Labute approximate surface area is 267 Å². The summed E-state index contributed by atoms with van der Waals surface area (Å²) < 4.78 is 68.4. The fourth-order valence-corrected chi connectivity index (χ4v) is 7.47. The average Bonchev–Trinajstić information content (AvgIpc) is 3.64. The van der Waals surface area contributed by atoms with Gasteiger partial charge in [0, 0.05) is 6.07 Å². The quantitative estimate of drug-likeness (QED) is 0.0626. The van der Waals surface area contributed by atoms with Crippen molar-refractivity contribution in [1.82, 2.24) is 19.5 Å². The molecule has 0 aromatic carbocycles. The Bertz CT molecular complexity index is 1810. The number of nitrogens with zero attached hydrogens (tertiary/aromatic N) is 5. The first kappa shape index (κ1) is 36.4. The molecule has 5 heterocycles. The van der Waals surface area contributed by atoms with E-state index in [9.17, 15) is 53.4 Å². The van der Waals surface area contributed by atoms with Gasteiger partial charge in [-0.15, -0.1) is 0 Å². The second kappa shape index (κ2) is 13.8. The molecule has 3 unspecified atom stereocenters. The molecule has 2 aliphatic heterocycles. The highest BCUT2D eigenvalue weighted by Gasteiger charge is 2.51. The van der Waals surface area contributed by atoms with Gasteiger partial charge >= 0.3 is 23.5 Å². The number of hydrogen-bond donors (Lipinski definition) is 9. The Balaban J connectivity index is 1.21. The Morgan fingerprint density at radius 3 is 2.23 bits per heavy atom. The number of amides is 1. The Kier molecular flexibility index (Phi) is 10.5. The molecule has 2 saturated heterocycles. The number of nitrogen functional groups attached to an aromatic ring is 1. The van der Waals surface area contributed by atoms with Gasteiger partial charge in [0.1, 0.15) is 47.9 Å². The third-order valence-corrected chi connectivity index (χ3v) is 10.1. The minimum atomic E-state index is -5.52. The number of fused-ring (bicyclic) bond motifs is 1. The van der Waals surface area contributed by atoms with Gasteiger partial charge in [0.25, 0.3) is 12.1 Å². The lowest BCUT2D eigenvalue weighted by Crippen LogP contribution is -2.46. The van der Waals surface area contributed by atoms with Gasteiger partial charge in [0.05, 0.1) is 19.5 Å². The molecule has 0 saturated carbocycles. The summed E-state index contributed by atoms with van der Waals surface area (Å²) in [6.45, 7) is -2.03. The second-order valence-corrected chi connectivity index (χ2v) is 14.5. The summed E-state index contributed by atoms with van der Waals surface area (Å²) in [5.41, 5.74) is 11.1. The van der Waals surface area contributed by atoms with Crippen LogP contribution in [-0.4, -0.2) is 110 Å². The molecule has 3 aromatic rings. The molecule has 10 atom stereocenters. The normalized spacial score (nSPS) is 30.3. The van der Waals surface area contributed by atoms with Crippen LogP contribution in [-0.2, 0) is 41.1 Å². The molecule has 2 fully saturated rings. The standard InChI is InChI=1S/C21H28N7O17P3/c22-17-12-19(25-7-24-17)28(8-26-12)21-16(44-46(33,34)35)14(30)11(43-21)6-41-48(38,39)45-47(36,37)40-5-10-13(29)15(31)20(42-10)27-3-1-2-9(4-27)18(23)32/h1-4,7-8,10-11,13-16,20-21,29-31H,5-6H2,(H7-,22,23,24,25,32,33,34,35,36,37,38,39)/p+1/t10?,11-,13+,14-,15-,16-,20+,21-/m1/s1. The number of phosphoric ester groups is 3. The first-order valence-electron chi connectivity index (χ1n) is 13.3. The van der Waals surface area contributed by atoms with E-state index in [1.165, 1.54) is 29.1 Å². The summed E-state index contributed by atoms with van der Waals surface area (Å²) in [6.07, 6.45) is -8.39. The van der Waals surface area contributed by atoms with Crippen molar-refractivity contribution in [3.05, 3.63) is 42.7 Å². The highest BCUT2D eigenvalue weighted by atomic mass is 31.3. The zero-order valence-electron chi connectivity index (χ0n) is 23.9. The molecule has 0 bridgehead atoms. The minimum absolute atomic E-state index is 0.00286. The molecule has 264 valence electrons. The van der Waals surface area contributed by atoms with E-state index in [-0.39, 0.29) is 22.5 Å². The maximum absolute atomic E-state index is 12.6. The number of aliphatic hydroxyl groups excluding tert-OH is 3. The number of ether oxygens (including phenoxy) is 2. The fraction of sp³-hybridized carbons (Fsp3) is 0.476. The summed E-state index contributed by atoms with van der Waals surface area (Å²) >= 11 is 0. The summed E-state index contributed by atoms with van der Waals surface area (Å²) in [7, 11) is -16.3. The van der Waals surface area contributed by atoms with Gasteiger partial charge in [-0.1, -0.05) is 0 Å². The number of aromatic nitrogens is 5. The molecule has 0 aliphatic carbocycles. The zero-order valence-corrected chi connectivity index (χ0v) is 26.6. The Morgan fingerprint density at radius 1 is 0.958 bits per heavy atom. The number of hydrogen-bond acceptors (Lipinski definition) is 17. The van der Waals surface area contributed by atoms with Gasteiger partial charge in [-0.3, -0.25) is 22.9 Å². The van der Waals surface area contributed by atoms with E-state index in [4.69, 9.17) is 30.0 Å². The van der Waals surface area contributed by atoms with E-state index in [1.54, 1.807) is 0 Å². The first-order valence-corrected chi connectivity index (χ1v) is 17.9. The van der Waals surface area contributed by atoms with Crippen LogP contribution in [0.25, 0.3) is 11.2 Å². The van der Waals surface area contributed by atoms with Crippen LogP contribution in [0.4, 0.5) is 5.82 Å². The third-order valence-electron chi connectivity index (χ3n) is 6.98. The average molecular weight is 744 g/mol. The number of nitrogens with two attached hydrogens (primary N) is 2. The molecule has 2 aliphatic rings. The topological polar surface area (TPSA) is 365 Å². The van der Waals surface area contributed by atoms with Crippen molar-refractivity contribution < 1.29 is 85.3 Å². The fourth-order valence-electron chi connectivity index (χ4n) is 4.83. The van der Waals surface area contributed by atoms with Crippen LogP contribution in [0.3, 0.4) is 0 Å². The summed E-state index contributed by atoms with van der Waals surface area (Å²) in [5, 5.41) is 31.5. The van der Waals surface area contributed by atoms with Crippen LogP contribution >= 0.6 is 23.5 Å². The number of primary amides is 1.